The highest BCUT2D eigenvalue weighted by Gasteiger charge is 2.26. The van der Waals surface area contributed by atoms with Crippen LogP contribution in [0.5, 0.6) is 5.75 Å². The quantitative estimate of drug-likeness (QED) is 0.515. The van der Waals surface area contributed by atoms with Crippen molar-refractivity contribution in [2.75, 3.05) is 11.4 Å². The highest BCUT2D eigenvalue weighted by molar-refractivity contribution is 5.69. The second-order valence-corrected chi connectivity index (χ2v) is 8.39. The Kier molecular flexibility index (Phi) is 6.26. The van der Waals surface area contributed by atoms with E-state index in [-0.39, 0.29) is 12.5 Å². The van der Waals surface area contributed by atoms with E-state index in [9.17, 15) is 4.79 Å². The van der Waals surface area contributed by atoms with E-state index >= 15 is 0 Å². The van der Waals surface area contributed by atoms with Crippen LogP contribution in [0.1, 0.15) is 36.0 Å². The largest absolute Gasteiger partial charge is 0.489 e. The Morgan fingerprint density at radius 3 is 2.58 bits per heavy atom. The fourth-order valence-electron chi connectivity index (χ4n) is 4.44. The molecule has 0 aliphatic carbocycles. The zero-order valence-corrected chi connectivity index (χ0v) is 18.2. The third-order valence-corrected chi connectivity index (χ3v) is 5.98. The monoisotopic (exact) mass is 415 g/mol. The first-order valence-corrected chi connectivity index (χ1v) is 10.9. The molecule has 0 aromatic heterocycles. The van der Waals surface area contributed by atoms with Crippen LogP contribution in [0.25, 0.3) is 11.1 Å². The number of carboxylic acid groups (broad SMARTS) is 1. The molecular formula is C27H29NO3. The topological polar surface area (TPSA) is 49.8 Å². The lowest BCUT2D eigenvalue weighted by molar-refractivity contribution is -0.137. The van der Waals surface area contributed by atoms with Gasteiger partial charge in [0.25, 0.3) is 0 Å². The number of anilines is 1. The normalized spacial score (nSPS) is 15.8. The van der Waals surface area contributed by atoms with Gasteiger partial charge < -0.3 is 14.7 Å². The molecule has 4 nitrogen and oxygen atoms in total. The summed E-state index contributed by atoms with van der Waals surface area (Å²) in [5, 5.41) is 9.13. The van der Waals surface area contributed by atoms with Gasteiger partial charge in [-0.05, 0) is 73.2 Å². The standard InChI is InChI=1S/C27H29NO3/c1-19-5-3-6-22(15-19)26-13-8-21(16-20(26)2)18-31-25-11-9-23(10-12-25)28-14-4-7-24(28)17-27(29)30/h3,5-6,8-13,15-16,24H,4,7,14,17-18H2,1-2H3,(H,29,30)/t24-/m0/s1. The van der Waals surface area contributed by atoms with Gasteiger partial charge in [0, 0.05) is 18.3 Å². The maximum atomic E-state index is 11.1. The molecule has 4 heteroatoms. The highest BCUT2D eigenvalue weighted by Crippen LogP contribution is 2.29. The summed E-state index contributed by atoms with van der Waals surface area (Å²) >= 11 is 0. The smallest absolute Gasteiger partial charge is 0.305 e. The molecule has 31 heavy (non-hydrogen) atoms. The summed E-state index contributed by atoms with van der Waals surface area (Å²) in [6, 6.07) is 23.1. The summed E-state index contributed by atoms with van der Waals surface area (Å²) in [6.45, 7) is 5.67. The van der Waals surface area contributed by atoms with Crippen molar-refractivity contribution in [1.82, 2.24) is 0 Å². The zero-order valence-electron chi connectivity index (χ0n) is 18.2. The third kappa shape index (κ3) is 5.08. The second-order valence-electron chi connectivity index (χ2n) is 8.39. The van der Waals surface area contributed by atoms with Crippen LogP contribution < -0.4 is 9.64 Å². The summed E-state index contributed by atoms with van der Waals surface area (Å²) in [5.74, 6) is 0.0821. The molecule has 0 amide bonds. The van der Waals surface area contributed by atoms with E-state index in [0.717, 1.165) is 36.4 Å². The molecule has 1 aliphatic rings. The number of rotatable bonds is 7. The minimum absolute atomic E-state index is 0.0826. The Balaban J connectivity index is 1.39. The number of benzene rings is 3. The van der Waals surface area contributed by atoms with Gasteiger partial charge in [0.15, 0.2) is 0 Å². The van der Waals surface area contributed by atoms with E-state index in [0.29, 0.717) is 6.61 Å². The molecule has 0 saturated carbocycles. The van der Waals surface area contributed by atoms with Crippen molar-refractivity contribution < 1.29 is 14.6 Å². The SMILES string of the molecule is Cc1cccc(-c2ccc(COc3ccc(N4CCC[C@H]4CC(=O)O)cc3)cc2C)c1. The fraction of sp³-hybridized carbons (Fsp3) is 0.296. The molecule has 1 aliphatic heterocycles. The van der Waals surface area contributed by atoms with Crippen molar-refractivity contribution in [3.63, 3.8) is 0 Å². The van der Waals surface area contributed by atoms with Crippen LogP contribution in [0.15, 0.2) is 66.7 Å². The molecule has 1 N–H and O–H groups in total. The molecule has 0 bridgehead atoms. The summed E-state index contributed by atoms with van der Waals surface area (Å²) in [6.07, 6.45) is 2.16. The van der Waals surface area contributed by atoms with Crippen LogP contribution in [0.3, 0.4) is 0 Å². The molecule has 4 rings (SSSR count). The molecule has 1 saturated heterocycles. The maximum Gasteiger partial charge on any atom is 0.305 e. The second kappa shape index (κ2) is 9.25. The van der Waals surface area contributed by atoms with E-state index in [2.05, 4.69) is 61.2 Å². The summed E-state index contributed by atoms with van der Waals surface area (Å²) in [4.78, 5) is 13.3. The van der Waals surface area contributed by atoms with E-state index in [1.807, 2.05) is 24.3 Å². The van der Waals surface area contributed by atoms with Gasteiger partial charge in [-0.3, -0.25) is 4.79 Å². The molecule has 3 aromatic rings. The number of hydrogen-bond donors (Lipinski definition) is 1. The van der Waals surface area contributed by atoms with E-state index in [1.54, 1.807) is 0 Å². The average molecular weight is 416 g/mol. The van der Waals surface area contributed by atoms with Gasteiger partial charge in [0.1, 0.15) is 12.4 Å². The number of aliphatic carboxylic acids is 1. The predicted molar refractivity (Wildman–Crippen MR) is 125 cm³/mol. The van der Waals surface area contributed by atoms with Crippen molar-refractivity contribution in [2.45, 2.75) is 45.8 Å². The molecule has 0 radical (unpaired) electrons. The number of carboxylic acids is 1. The lowest BCUT2D eigenvalue weighted by Gasteiger charge is -2.25. The number of hydrogen-bond acceptors (Lipinski definition) is 3. The molecule has 1 fully saturated rings. The average Bonchev–Trinajstić information content (AvgIpc) is 3.20. The number of carbonyl (C=O) groups is 1. The van der Waals surface area contributed by atoms with Crippen molar-refractivity contribution >= 4 is 11.7 Å². The van der Waals surface area contributed by atoms with E-state index in [1.165, 1.54) is 22.3 Å². The van der Waals surface area contributed by atoms with Gasteiger partial charge >= 0.3 is 5.97 Å². The van der Waals surface area contributed by atoms with Crippen LogP contribution in [0.4, 0.5) is 5.69 Å². The Morgan fingerprint density at radius 2 is 1.87 bits per heavy atom. The van der Waals surface area contributed by atoms with Crippen molar-refractivity contribution in [3.05, 3.63) is 83.4 Å². The van der Waals surface area contributed by atoms with Crippen LogP contribution in [-0.4, -0.2) is 23.7 Å². The lowest BCUT2D eigenvalue weighted by Crippen LogP contribution is -2.31. The first-order valence-electron chi connectivity index (χ1n) is 10.9. The summed E-state index contributed by atoms with van der Waals surface area (Å²) in [7, 11) is 0. The minimum atomic E-state index is -0.736. The van der Waals surface area contributed by atoms with E-state index < -0.39 is 5.97 Å². The summed E-state index contributed by atoms with van der Waals surface area (Å²) in [5.41, 5.74) is 7.19. The molecular weight excluding hydrogens is 386 g/mol. The number of ether oxygens (including phenoxy) is 1. The molecule has 1 heterocycles. The first-order chi connectivity index (χ1) is 15.0. The molecule has 0 spiro atoms. The van der Waals surface area contributed by atoms with Crippen LogP contribution in [0.2, 0.25) is 0 Å². The van der Waals surface area contributed by atoms with Crippen molar-refractivity contribution in [2.24, 2.45) is 0 Å². The predicted octanol–water partition coefficient (Wildman–Crippen LogP) is 5.99. The highest BCUT2D eigenvalue weighted by atomic mass is 16.5. The van der Waals surface area contributed by atoms with Crippen molar-refractivity contribution in [3.8, 4) is 16.9 Å². The summed E-state index contributed by atoms with van der Waals surface area (Å²) < 4.78 is 6.01. The zero-order chi connectivity index (χ0) is 21.8. The maximum absolute atomic E-state index is 11.1. The van der Waals surface area contributed by atoms with Gasteiger partial charge in [0.05, 0.1) is 6.42 Å². The Labute approximate surface area is 184 Å². The van der Waals surface area contributed by atoms with Crippen molar-refractivity contribution in [1.29, 1.82) is 0 Å². The molecule has 3 aromatic carbocycles. The molecule has 160 valence electrons. The lowest BCUT2D eigenvalue weighted by atomic mass is 9.97. The molecule has 1 atom stereocenters. The minimum Gasteiger partial charge on any atom is -0.489 e. The van der Waals surface area contributed by atoms with Gasteiger partial charge in [-0.15, -0.1) is 0 Å². The van der Waals surface area contributed by atoms with Gasteiger partial charge in [-0.25, -0.2) is 0 Å². The van der Waals surface area contributed by atoms with Gasteiger partial charge in [0.2, 0.25) is 0 Å². The van der Waals surface area contributed by atoms with Gasteiger partial charge in [-0.1, -0.05) is 48.0 Å². The third-order valence-electron chi connectivity index (χ3n) is 5.98. The van der Waals surface area contributed by atoms with Gasteiger partial charge in [-0.2, -0.15) is 0 Å². The Hall–Kier alpha value is -3.27. The van der Waals surface area contributed by atoms with E-state index in [4.69, 9.17) is 9.84 Å². The molecule has 0 unspecified atom stereocenters. The fourth-order valence-corrected chi connectivity index (χ4v) is 4.44. The van der Waals surface area contributed by atoms with Crippen LogP contribution >= 0.6 is 0 Å². The first kappa shape index (κ1) is 21.0. The number of nitrogens with zero attached hydrogens (tertiary/aromatic N) is 1. The number of aryl methyl sites for hydroxylation is 2. The Morgan fingerprint density at radius 1 is 1.06 bits per heavy atom. The van der Waals surface area contributed by atoms with Crippen LogP contribution in [0, 0.1) is 13.8 Å². The van der Waals surface area contributed by atoms with Crippen LogP contribution in [-0.2, 0) is 11.4 Å². The Bertz CT molecular complexity index is 1060.